The number of carbonyl (C=O) groups is 3. The van der Waals surface area contributed by atoms with Crippen LogP contribution < -0.4 is 10.1 Å². The van der Waals surface area contributed by atoms with Crippen molar-refractivity contribution in [1.82, 2.24) is 20.0 Å². The van der Waals surface area contributed by atoms with E-state index in [-0.39, 0.29) is 24.8 Å². The number of carbonyl (C=O) groups excluding carboxylic acids is 3. The largest absolute Gasteiger partial charge is 0.489 e. The molecular formula is C31H38N4O6. The fourth-order valence-corrected chi connectivity index (χ4v) is 4.55. The second-order valence-corrected chi connectivity index (χ2v) is 10.9. The summed E-state index contributed by atoms with van der Waals surface area (Å²) < 4.78 is 17.9. The minimum absolute atomic E-state index is 0.0165. The topological polar surface area (TPSA) is 112 Å². The highest BCUT2D eigenvalue weighted by Gasteiger charge is 2.31. The zero-order valence-corrected chi connectivity index (χ0v) is 24.1. The summed E-state index contributed by atoms with van der Waals surface area (Å²) in [6.07, 6.45) is 1.95. The average Bonchev–Trinajstić information content (AvgIpc) is 3.33. The standard InChI is InChI=1S/C31H38N4O6/c1-5-39-28(36)20-35-19-24-18-34(16-15-26(24)33-35)29(37)27(32-30(38)41-31(2,3)4)17-22-11-13-25(14-12-22)40-21-23-9-7-6-8-10-23/h6-14,19,27H,5,15-18,20-21H2,1-4H3,(H,32,38)/t27-/m0/s1. The van der Waals surface area contributed by atoms with E-state index in [9.17, 15) is 14.4 Å². The van der Waals surface area contributed by atoms with Gasteiger partial charge in [0.15, 0.2) is 0 Å². The van der Waals surface area contributed by atoms with Crippen molar-refractivity contribution < 1.29 is 28.6 Å². The maximum atomic E-state index is 13.7. The van der Waals surface area contributed by atoms with Crippen LogP contribution in [-0.2, 0) is 51.6 Å². The number of hydrogen-bond acceptors (Lipinski definition) is 7. The summed E-state index contributed by atoms with van der Waals surface area (Å²) >= 11 is 0. The Hall–Kier alpha value is -4.34. The highest BCUT2D eigenvalue weighted by atomic mass is 16.6. The van der Waals surface area contributed by atoms with E-state index in [0.717, 1.165) is 22.4 Å². The smallest absolute Gasteiger partial charge is 0.408 e. The maximum absolute atomic E-state index is 13.7. The summed E-state index contributed by atoms with van der Waals surface area (Å²) in [5, 5.41) is 7.27. The lowest BCUT2D eigenvalue weighted by molar-refractivity contribution is -0.144. The predicted molar refractivity (Wildman–Crippen MR) is 152 cm³/mol. The van der Waals surface area contributed by atoms with Gasteiger partial charge in [0.2, 0.25) is 5.91 Å². The van der Waals surface area contributed by atoms with E-state index < -0.39 is 17.7 Å². The van der Waals surface area contributed by atoms with Crippen molar-refractivity contribution in [2.75, 3.05) is 13.2 Å². The van der Waals surface area contributed by atoms with E-state index in [0.29, 0.717) is 38.5 Å². The van der Waals surface area contributed by atoms with Gasteiger partial charge in [0, 0.05) is 37.7 Å². The fourth-order valence-electron chi connectivity index (χ4n) is 4.55. The first-order chi connectivity index (χ1) is 19.6. The Morgan fingerprint density at radius 1 is 1.02 bits per heavy atom. The van der Waals surface area contributed by atoms with Gasteiger partial charge in [-0.25, -0.2) is 4.79 Å². The molecule has 1 aliphatic rings. The molecular weight excluding hydrogens is 524 g/mol. The Kier molecular flexibility index (Phi) is 9.65. The first-order valence-electron chi connectivity index (χ1n) is 13.8. The van der Waals surface area contributed by atoms with Crippen molar-refractivity contribution in [3.05, 3.63) is 83.2 Å². The number of amides is 2. The highest BCUT2D eigenvalue weighted by Crippen LogP contribution is 2.21. The average molecular weight is 563 g/mol. The summed E-state index contributed by atoms with van der Waals surface area (Å²) in [6, 6.07) is 16.6. The number of nitrogens with one attached hydrogen (secondary N) is 1. The number of hydrogen-bond donors (Lipinski definition) is 1. The molecule has 0 spiro atoms. The van der Waals surface area contributed by atoms with Gasteiger partial charge >= 0.3 is 12.1 Å². The summed E-state index contributed by atoms with van der Waals surface area (Å²) in [5.74, 6) is 0.131. The number of ether oxygens (including phenoxy) is 3. The molecule has 0 saturated heterocycles. The first kappa shape index (κ1) is 29.6. The van der Waals surface area contributed by atoms with Crippen molar-refractivity contribution >= 4 is 18.0 Å². The number of fused-ring (bicyclic) bond motifs is 1. The second kappa shape index (κ2) is 13.3. The van der Waals surface area contributed by atoms with Crippen molar-refractivity contribution in [3.63, 3.8) is 0 Å². The predicted octanol–water partition coefficient (Wildman–Crippen LogP) is 4.05. The van der Waals surface area contributed by atoms with E-state index in [2.05, 4.69) is 10.4 Å². The molecule has 3 aromatic rings. The Labute approximate surface area is 240 Å². The third kappa shape index (κ3) is 8.83. The lowest BCUT2D eigenvalue weighted by atomic mass is 10.0. The number of nitrogens with zero attached hydrogens (tertiary/aromatic N) is 3. The van der Waals surface area contributed by atoms with E-state index in [1.807, 2.05) is 54.6 Å². The maximum Gasteiger partial charge on any atom is 0.408 e. The molecule has 0 radical (unpaired) electrons. The van der Waals surface area contributed by atoms with Gasteiger partial charge in [-0.3, -0.25) is 14.3 Å². The molecule has 4 rings (SSSR count). The monoisotopic (exact) mass is 562 g/mol. The quantitative estimate of drug-likeness (QED) is 0.371. The van der Waals surface area contributed by atoms with E-state index in [1.54, 1.807) is 43.5 Å². The minimum atomic E-state index is -0.836. The molecule has 0 fully saturated rings. The number of esters is 1. The van der Waals surface area contributed by atoms with E-state index in [4.69, 9.17) is 14.2 Å². The molecule has 10 nitrogen and oxygen atoms in total. The van der Waals surface area contributed by atoms with Crippen LogP contribution in [0.15, 0.2) is 60.8 Å². The second-order valence-electron chi connectivity index (χ2n) is 10.9. The Balaban J connectivity index is 1.44. The van der Waals surface area contributed by atoms with Crippen molar-refractivity contribution in [2.45, 2.75) is 71.9 Å². The molecule has 1 aliphatic heterocycles. The summed E-state index contributed by atoms with van der Waals surface area (Å²) in [5.41, 5.74) is 2.94. The summed E-state index contributed by atoms with van der Waals surface area (Å²) in [4.78, 5) is 40.0. The molecule has 2 amide bonds. The lowest BCUT2D eigenvalue weighted by Gasteiger charge is -2.31. The molecule has 1 atom stereocenters. The van der Waals surface area contributed by atoms with Crippen LogP contribution in [0.2, 0.25) is 0 Å². The van der Waals surface area contributed by atoms with Gasteiger partial charge in [-0.1, -0.05) is 42.5 Å². The van der Waals surface area contributed by atoms with Crippen LogP contribution in [0.3, 0.4) is 0 Å². The fraction of sp³-hybridized carbons (Fsp3) is 0.419. The molecule has 0 saturated carbocycles. The molecule has 1 N–H and O–H groups in total. The number of alkyl carbamates (subject to hydrolysis) is 1. The van der Waals surface area contributed by atoms with Gasteiger partial charge < -0.3 is 24.4 Å². The SMILES string of the molecule is CCOC(=O)Cn1cc2c(n1)CCN(C(=O)[C@H](Cc1ccc(OCc3ccccc3)cc1)NC(=O)OC(C)(C)C)C2. The van der Waals surface area contributed by atoms with Gasteiger partial charge in [0.1, 0.15) is 30.5 Å². The molecule has 2 aromatic carbocycles. The van der Waals surface area contributed by atoms with Crippen LogP contribution in [0.5, 0.6) is 5.75 Å². The molecule has 0 bridgehead atoms. The van der Waals surface area contributed by atoms with Crippen molar-refractivity contribution in [1.29, 1.82) is 0 Å². The van der Waals surface area contributed by atoms with Crippen LogP contribution in [0.25, 0.3) is 0 Å². The molecule has 218 valence electrons. The third-order valence-corrected chi connectivity index (χ3v) is 6.41. The molecule has 1 aromatic heterocycles. The zero-order valence-electron chi connectivity index (χ0n) is 24.1. The van der Waals surface area contributed by atoms with Gasteiger partial charge in [-0.15, -0.1) is 0 Å². The molecule has 0 unspecified atom stereocenters. The number of aromatic nitrogens is 2. The van der Waals surface area contributed by atoms with Gasteiger partial charge in [0.25, 0.3) is 0 Å². The van der Waals surface area contributed by atoms with Crippen LogP contribution in [0, 0.1) is 0 Å². The summed E-state index contributed by atoms with van der Waals surface area (Å²) in [6.45, 7) is 8.63. The number of benzene rings is 2. The Morgan fingerprint density at radius 3 is 2.44 bits per heavy atom. The van der Waals surface area contributed by atoms with Gasteiger partial charge in [-0.2, -0.15) is 5.10 Å². The summed E-state index contributed by atoms with van der Waals surface area (Å²) in [7, 11) is 0. The molecule has 0 aliphatic carbocycles. The van der Waals surface area contributed by atoms with Crippen LogP contribution in [0.4, 0.5) is 4.79 Å². The minimum Gasteiger partial charge on any atom is -0.489 e. The Morgan fingerprint density at radius 2 is 1.76 bits per heavy atom. The molecule has 10 heteroatoms. The van der Waals surface area contributed by atoms with Gasteiger partial charge in [0.05, 0.1) is 12.3 Å². The van der Waals surface area contributed by atoms with Crippen LogP contribution >= 0.6 is 0 Å². The van der Waals surface area contributed by atoms with Crippen LogP contribution in [-0.4, -0.2) is 57.4 Å². The molecule has 41 heavy (non-hydrogen) atoms. The van der Waals surface area contributed by atoms with Crippen molar-refractivity contribution in [3.8, 4) is 5.75 Å². The lowest BCUT2D eigenvalue weighted by Crippen LogP contribution is -2.51. The van der Waals surface area contributed by atoms with Crippen molar-refractivity contribution in [2.24, 2.45) is 0 Å². The third-order valence-electron chi connectivity index (χ3n) is 6.41. The first-order valence-corrected chi connectivity index (χ1v) is 13.8. The highest BCUT2D eigenvalue weighted by molar-refractivity contribution is 5.86. The van der Waals surface area contributed by atoms with Gasteiger partial charge in [-0.05, 0) is 51.0 Å². The van der Waals surface area contributed by atoms with E-state index in [1.165, 1.54) is 0 Å². The van der Waals surface area contributed by atoms with E-state index >= 15 is 0 Å². The Bertz CT molecular complexity index is 1330. The number of rotatable bonds is 10. The molecule has 2 heterocycles. The van der Waals surface area contributed by atoms with Crippen LogP contribution in [0.1, 0.15) is 50.1 Å². The zero-order chi connectivity index (χ0) is 29.4. The normalized spacial score (nSPS) is 13.6.